The lowest BCUT2D eigenvalue weighted by Crippen LogP contribution is -2.44. The van der Waals surface area contributed by atoms with Crippen molar-refractivity contribution in [3.8, 4) is 0 Å². The third-order valence-corrected chi connectivity index (χ3v) is 5.52. The van der Waals surface area contributed by atoms with Crippen molar-refractivity contribution in [3.05, 3.63) is 95.2 Å². The molecule has 0 aromatic carbocycles. The smallest absolute Gasteiger partial charge is 0.112 e. The summed E-state index contributed by atoms with van der Waals surface area (Å²) in [6.45, 7) is 8.43. The zero-order valence-electron chi connectivity index (χ0n) is 15.9. The minimum atomic E-state index is -0.324. The second-order valence-electron chi connectivity index (χ2n) is 7.40. The van der Waals surface area contributed by atoms with E-state index >= 15 is 0 Å². The van der Waals surface area contributed by atoms with Crippen molar-refractivity contribution in [2.45, 2.75) is 32.2 Å². The van der Waals surface area contributed by atoms with E-state index in [0.29, 0.717) is 5.92 Å². The van der Waals surface area contributed by atoms with Gasteiger partial charge >= 0.3 is 0 Å². The number of rotatable bonds is 3. The molecule has 0 fully saturated rings. The van der Waals surface area contributed by atoms with Gasteiger partial charge in [0.25, 0.3) is 0 Å². The molecule has 2 unspecified atom stereocenters. The molecule has 136 valence electrons. The van der Waals surface area contributed by atoms with Crippen LogP contribution in [0.3, 0.4) is 0 Å². The third-order valence-electron chi connectivity index (χ3n) is 5.52. The Kier molecular flexibility index (Phi) is 4.53. The number of nitrogens with zero attached hydrogens (tertiary/aromatic N) is 2. The summed E-state index contributed by atoms with van der Waals surface area (Å²) in [6.07, 6.45) is 20.5. The number of hydrogen-bond donors (Lipinski definition) is 1. The molecule has 1 aliphatic heterocycles. The van der Waals surface area contributed by atoms with Crippen LogP contribution in [0.1, 0.15) is 32.3 Å². The van der Waals surface area contributed by atoms with Gasteiger partial charge in [0.1, 0.15) is 5.54 Å². The lowest BCUT2D eigenvalue weighted by molar-refractivity contribution is 0.453. The first kappa shape index (κ1) is 17.5. The van der Waals surface area contributed by atoms with E-state index in [9.17, 15) is 0 Å². The van der Waals surface area contributed by atoms with Crippen molar-refractivity contribution in [2.24, 2.45) is 10.9 Å². The number of allylic oxidation sites excluding steroid dienone is 5. The van der Waals surface area contributed by atoms with Gasteiger partial charge in [-0.15, -0.1) is 0 Å². The Hall–Kier alpha value is -2.94. The van der Waals surface area contributed by atoms with Crippen molar-refractivity contribution in [1.29, 1.82) is 0 Å². The summed E-state index contributed by atoms with van der Waals surface area (Å²) in [4.78, 5) is 9.29. The fourth-order valence-corrected chi connectivity index (χ4v) is 4.52. The quantitative estimate of drug-likeness (QED) is 0.601. The van der Waals surface area contributed by atoms with Gasteiger partial charge in [0.2, 0.25) is 0 Å². The minimum Gasteiger partial charge on any atom is -0.359 e. The zero-order chi connectivity index (χ0) is 18.9. The van der Waals surface area contributed by atoms with E-state index in [1.54, 1.807) is 6.20 Å². The van der Waals surface area contributed by atoms with Crippen LogP contribution in [0.4, 0.5) is 0 Å². The SMILES string of the molecule is C=C1C=CC2=C(CC3C=C(C)CC2(/N=C/C=C/c2cccnc2)/C3=C/C)N1. The Morgan fingerprint density at radius 3 is 3.04 bits per heavy atom. The highest BCUT2D eigenvalue weighted by atomic mass is 15.0. The van der Waals surface area contributed by atoms with Gasteiger partial charge in [0.05, 0.1) is 0 Å². The number of aliphatic imine (C=N–C) groups is 1. The highest BCUT2D eigenvalue weighted by Crippen LogP contribution is 2.51. The van der Waals surface area contributed by atoms with Gasteiger partial charge in [-0.05, 0) is 49.6 Å². The molecule has 0 spiro atoms. The summed E-state index contributed by atoms with van der Waals surface area (Å²) in [5.41, 5.74) is 7.04. The maximum absolute atomic E-state index is 5.14. The molecule has 27 heavy (non-hydrogen) atoms. The summed E-state index contributed by atoms with van der Waals surface area (Å²) < 4.78 is 0. The molecule has 1 aromatic heterocycles. The molecule has 2 atom stereocenters. The summed E-state index contributed by atoms with van der Waals surface area (Å²) in [7, 11) is 0. The number of aromatic nitrogens is 1. The maximum atomic E-state index is 5.14. The van der Waals surface area contributed by atoms with E-state index in [2.05, 4.69) is 55.0 Å². The second kappa shape index (κ2) is 6.99. The third kappa shape index (κ3) is 3.14. The summed E-state index contributed by atoms with van der Waals surface area (Å²) in [6, 6.07) is 3.98. The molecule has 3 nitrogen and oxygen atoms in total. The first-order valence-corrected chi connectivity index (χ1v) is 9.46. The van der Waals surface area contributed by atoms with Crippen LogP contribution in [-0.4, -0.2) is 16.7 Å². The lowest BCUT2D eigenvalue weighted by Gasteiger charge is -2.47. The van der Waals surface area contributed by atoms with E-state index in [1.165, 1.54) is 22.4 Å². The predicted octanol–water partition coefficient (Wildman–Crippen LogP) is 5.15. The van der Waals surface area contributed by atoms with Crippen molar-refractivity contribution in [1.82, 2.24) is 10.3 Å². The van der Waals surface area contributed by atoms with Crippen molar-refractivity contribution in [2.75, 3.05) is 0 Å². The van der Waals surface area contributed by atoms with Gasteiger partial charge in [-0.3, -0.25) is 9.98 Å². The molecule has 4 rings (SSSR count). The predicted molar refractivity (Wildman–Crippen MR) is 113 cm³/mol. The highest BCUT2D eigenvalue weighted by Gasteiger charge is 2.47. The Bertz CT molecular complexity index is 941. The molecular formula is C24H25N3. The molecular weight excluding hydrogens is 330 g/mol. The number of pyridine rings is 1. The molecule has 0 amide bonds. The molecule has 2 heterocycles. The summed E-state index contributed by atoms with van der Waals surface area (Å²) in [5.74, 6) is 0.397. The fourth-order valence-electron chi connectivity index (χ4n) is 4.52. The number of hydrogen-bond acceptors (Lipinski definition) is 3. The molecule has 3 aliphatic rings. The van der Waals surface area contributed by atoms with E-state index in [1.807, 2.05) is 36.7 Å². The fraction of sp³-hybridized carbons (Fsp3) is 0.250. The Balaban J connectivity index is 1.75. The molecule has 0 radical (unpaired) electrons. The molecule has 2 bridgehead atoms. The second-order valence-corrected chi connectivity index (χ2v) is 7.40. The van der Waals surface area contributed by atoms with E-state index in [4.69, 9.17) is 4.99 Å². The van der Waals surface area contributed by atoms with Gasteiger partial charge < -0.3 is 5.32 Å². The van der Waals surface area contributed by atoms with Gasteiger partial charge in [0, 0.05) is 47.9 Å². The van der Waals surface area contributed by atoms with Gasteiger partial charge in [-0.25, -0.2) is 0 Å². The normalized spacial score (nSPS) is 28.7. The molecule has 0 saturated carbocycles. The van der Waals surface area contributed by atoms with Crippen LogP contribution < -0.4 is 5.32 Å². The number of dihydropyridines is 1. The van der Waals surface area contributed by atoms with Gasteiger partial charge in [0.15, 0.2) is 0 Å². The Labute approximate surface area is 161 Å². The maximum Gasteiger partial charge on any atom is 0.112 e. The largest absolute Gasteiger partial charge is 0.359 e. The first-order valence-electron chi connectivity index (χ1n) is 9.46. The van der Waals surface area contributed by atoms with Crippen molar-refractivity contribution >= 4 is 12.3 Å². The molecule has 1 aromatic rings. The number of fused-ring (bicyclic) bond motifs is 3. The molecule has 2 aliphatic carbocycles. The van der Waals surface area contributed by atoms with E-state index in [0.717, 1.165) is 24.1 Å². The minimum absolute atomic E-state index is 0.324. The van der Waals surface area contributed by atoms with Crippen LogP contribution >= 0.6 is 0 Å². The van der Waals surface area contributed by atoms with Crippen molar-refractivity contribution < 1.29 is 0 Å². The summed E-state index contributed by atoms with van der Waals surface area (Å²) in [5, 5.41) is 3.49. The van der Waals surface area contributed by atoms with Crippen molar-refractivity contribution in [3.63, 3.8) is 0 Å². The topological polar surface area (TPSA) is 37.3 Å². The molecule has 0 saturated heterocycles. The number of nitrogens with one attached hydrogen (secondary N) is 1. The molecule has 3 heteroatoms. The highest BCUT2D eigenvalue weighted by molar-refractivity contribution is 5.79. The van der Waals surface area contributed by atoms with E-state index < -0.39 is 0 Å². The van der Waals surface area contributed by atoms with E-state index in [-0.39, 0.29) is 5.54 Å². The van der Waals surface area contributed by atoms with Gasteiger partial charge in [-0.2, -0.15) is 0 Å². The van der Waals surface area contributed by atoms with Gasteiger partial charge in [-0.1, -0.05) is 42.5 Å². The first-order chi connectivity index (χ1) is 13.1. The zero-order valence-corrected chi connectivity index (χ0v) is 15.9. The van der Waals surface area contributed by atoms with Crippen LogP contribution in [-0.2, 0) is 0 Å². The van der Waals surface area contributed by atoms with Crippen LogP contribution in [0.2, 0.25) is 0 Å². The Morgan fingerprint density at radius 1 is 1.37 bits per heavy atom. The van der Waals surface area contributed by atoms with Crippen LogP contribution in [0, 0.1) is 5.92 Å². The van der Waals surface area contributed by atoms with Crippen LogP contribution in [0.15, 0.2) is 94.6 Å². The van der Waals surface area contributed by atoms with Crippen LogP contribution in [0.5, 0.6) is 0 Å². The monoisotopic (exact) mass is 355 g/mol. The average molecular weight is 355 g/mol. The van der Waals surface area contributed by atoms with Crippen LogP contribution in [0.25, 0.3) is 6.08 Å². The lowest BCUT2D eigenvalue weighted by atomic mass is 9.62. The Morgan fingerprint density at radius 2 is 2.26 bits per heavy atom. The molecule has 1 N–H and O–H groups in total. The standard InChI is InChI=1S/C24H25N3/c1-4-21-20-13-17(2)15-24(21,22-10-9-18(3)27-23(22)14-20)26-12-6-8-19-7-5-11-25-16-19/h4-13,16,20,27H,3,14-15H2,1-2H3/b8-6+,21-4+,26-12+. The average Bonchev–Trinajstić information content (AvgIpc) is 2.65. The summed E-state index contributed by atoms with van der Waals surface area (Å²) >= 11 is 0.